The van der Waals surface area contributed by atoms with Gasteiger partial charge < -0.3 is 18.7 Å². The second-order valence-electron chi connectivity index (χ2n) is 6.84. The second-order valence-corrected chi connectivity index (χ2v) is 8.68. The Balaban J connectivity index is 1.82. The van der Waals surface area contributed by atoms with Crippen LogP contribution in [-0.4, -0.2) is 79.4 Å². The summed E-state index contributed by atoms with van der Waals surface area (Å²) in [4.78, 5) is 22.8. The lowest BCUT2D eigenvalue weighted by molar-refractivity contribution is -0.384. The Morgan fingerprint density at radius 2 is 1.63 bits per heavy atom. The highest BCUT2D eigenvalue weighted by Crippen LogP contribution is 2.50. The SMILES string of the molecule is CCOC(=O)CC(OP(N1CCOCC1)N1CCOCC1)c1ccc([N+](=O)[O-])cc1. The monoisotopic (exact) mass is 441 g/mol. The summed E-state index contributed by atoms with van der Waals surface area (Å²) in [5.74, 6) is -0.361. The van der Waals surface area contributed by atoms with Crippen LogP contribution in [0.4, 0.5) is 5.69 Å². The molecule has 0 N–H and O–H groups in total. The van der Waals surface area contributed by atoms with Crippen molar-refractivity contribution in [3.8, 4) is 0 Å². The Bertz CT molecular complexity index is 676. The van der Waals surface area contributed by atoms with Crippen LogP contribution >= 0.6 is 8.45 Å². The maximum atomic E-state index is 12.3. The van der Waals surface area contributed by atoms with Gasteiger partial charge in [0.05, 0.1) is 44.4 Å². The van der Waals surface area contributed by atoms with Crippen LogP contribution in [0.1, 0.15) is 25.0 Å². The van der Waals surface area contributed by atoms with Crippen molar-refractivity contribution in [3.63, 3.8) is 0 Å². The minimum absolute atomic E-state index is 0.00254. The molecule has 1 aromatic carbocycles. The van der Waals surface area contributed by atoms with Gasteiger partial charge in [-0.05, 0) is 24.6 Å². The smallest absolute Gasteiger partial charge is 0.308 e. The van der Waals surface area contributed by atoms with Crippen LogP contribution in [0.5, 0.6) is 0 Å². The number of hydrogen-bond donors (Lipinski definition) is 0. The molecule has 0 saturated carbocycles. The number of non-ortho nitro benzene ring substituents is 1. The number of ether oxygens (including phenoxy) is 3. The average Bonchev–Trinajstić information content (AvgIpc) is 2.78. The minimum Gasteiger partial charge on any atom is -0.466 e. The van der Waals surface area contributed by atoms with Gasteiger partial charge in [0.2, 0.25) is 0 Å². The summed E-state index contributed by atoms with van der Waals surface area (Å²) >= 11 is 0. The molecule has 2 fully saturated rings. The van der Waals surface area contributed by atoms with E-state index in [-0.39, 0.29) is 24.7 Å². The summed E-state index contributed by atoms with van der Waals surface area (Å²) in [5.41, 5.74) is 0.708. The first-order valence-corrected chi connectivity index (χ1v) is 11.3. The van der Waals surface area contributed by atoms with E-state index >= 15 is 0 Å². The molecule has 2 heterocycles. The third kappa shape index (κ3) is 6.41. The van der Waals surface area contributed by atoms with Gasteiger partial charge in [-0.3, -0.25) is 14.9 Å². The van der Waals surface area contributed by atoms with E-state index in [0.29, 0.717) is 32.0 Å². The fourth-order valence-electron chi connectivity index (χ4n) is 3.27. The zero-order valence-corrected chi connectivity index (χ0v) is 18.0. The Morgan fingerprint density at radius 1 is 1.10 bits per heavy atom. The van der Waals surface area contributed by atoms with Gasteiger partial charge in [-0.15, -0.1) is 0 Å². The second kappa shape index (κ2) is 11.6. The number of carbonyl (C=O) groups excluding carboxylic acids is 1. The molecular formula is C19H28N3O7P. The zero-order valence-electron chi connectivity index (χ0n) is 17.1. The molecule has 2 saturated heterocycles. The number of benzene rings is 1. The predicted octanol–water partition coefficient (Wildman–Crippen LogP) is 2.50. The van der Waals surface area contributed by atoms with Gasteiger partial charge in [-0.2, -0.15) is 0 Å². The van der Waals surface area contributed by atoms with Crippen LogP contribution in [0.2, 0.25) is 0 Å². The molecule has 11 heteroatoms. The van der Waals surface area contributed by atoms with Gasteiger partial charge in [0.1, 0.15) is 6.10 Å². The van der Waals surface area contributed by atoms with E-state index in [1.165, 1.54) is 12.1 Å². The molecule has 1 aromatic rings. The zero-order chi connectivity index (χ0) is 21.3. The number of nitrogens with zero attached hydrogens (tertiary/aromatic N) is 3. The summed E-state index contributed by atoms with van der Waals surface area (Å²) in [6, 6.07) is 6.16. The van der Waals surface area contributed by atoms with E-state index in [9.17, 15) is 14.9 Å². The van der Waals surface area contributed by atoms with Gasteiger partial charge >= 0.3 is 5.97 Å². The summed E-state index contributed by atoms with van der Waals surface area (Å²) in [7, 11) is -1.15. The van der Waals surface area contributed by atoms with Gasteiger partial charge in [0.15, 0.2) is 8.45 Å². The van der Waals surface area contributed by atoms with Crippen molar-refractivity contribution in [1.82, 2.24) is 9.34 Å². The summed E-state index contributed by atoms with van der Waals surface area (Å²) in [6.45, 7) is 7.55. The third-order valence-electron chi connectivity index (χ3n) is 4.81. The molecule has 0 aliphatic carbocycles. The lowest BCUT2D eigenvalue weighted by atomic mass is 10.1. The average molecular weight is 441 g/mol. The van der Waals surface area contributed by atoms with E-state index in [2.05, 4.69) is 9.34 Å². The topological polar surface area (TPSA) is 104 Å². The van der Waals surface area contributed by atoms with Crippen molar-refractivity contribution in [1.29, 1.82) is 0 Å². The van der Waals surface area contributed by atoms with E-state index in [1.807, 2.05) is 0 Å². The number of hydrogen-bond acceptors (Lipinski definition) is 9. The number of morpholine rings is 2. The first-order chi connectivity index (χ1) is 14.6. The number of rotatable bonds is 9. The standard InChI is InChI=1S/C19H28N3O7P/c1-2-28-19(23)15-18(16-3-5-17(6-4-16)22(24)25)29-30(20-7-11-26-12-8-20)21-9-13-27-14-10-21/h3-6,18H,2,7-15H2,1H3. The van der Waals surface area contributed by atoms with Crippen LogP contribution in [-0.2, 0) is 23.5 Å². The van der Waals surface area contributed by atoms with Gasteiger partial charge in [-0.25, -0.2) is 9.34 Å². The van der Waals surface area contributed by atoms with Crippen LogP contribution < -0.4 is 0 Å². The molecule has 1 unspecified atom stereocenters. The van der Waals surface area contributed by atoms with Crippen molar-refractivity contribution in [2.45, 2.75) is 19.4 Å². The summed E-state index contributed by atoms with van der Waals surface area (Å²) in [5, 5.41) is 11.0. The number of carbonyl (C=O) groups is 1. The maximum absolute atomic E-state index is 12.3. The van der Waals surface area contributed by atoms with Gasteiger partial charge in [-0.1, -0.05) is 0 Å². The lowest BCUT2D eigenvalue weighted by Gasteiger charge is -2.42. The van der Waals surface area contributed by atoms with E-state index < -0.39 is 19.5 Å². The van der Waals surface area contributed by atoms with Crippen molar-refractivity contribution < 1.29 is 28.5 Å². The first kappa shape index (κ1) is 23.0. The Labute approximate surface area is 177 Å². The molecule has 0 amide bonds. The number of esters is 1. The number of nitro benzene ring substituents is 1. The van der Waals surface area contributed by atoms with Gasteiger partial charge in [0, 0.05) is 38.3 Å². The fourth-order valence-corrected chi connectivity index (χ4v) is 5.33. The Morgan fingerprint density at radius 3 is 2.10 bits per heavy atom. The highest BCUT2D eigenvalue weighted by molar-refractivity contribution is 7.47. The molecule has 10 nitrogen and oxygen atoms in total. The van der Waals surface area contributed by atoms with E-state index in [0.717, 1.165) is 26.2 Å². The molecule has 2 aliphatic heterocycles. The third-order valence-corrected chi connectivity index (χ3v) is 7.02. The van der Waals surface area contributed by atoms with E-state index in [4.69, 9.17) is 18.7 Å². The summed E-state index contributed by atoms with van der Waals surface area (Å²) in [6.07, 6.45) is -0.527. The van der Waals surface area contributed by atoms with Crippen molar-refractivity contribution in [2.24, 2.45) is 0 Å². The summed E-state index contributed by atoms with van der Waals surface area (Å²) < 4.78 is 27.2. The maximum Gasteiger partial charge on any atom is 0.308 e. The molecular weight excluding hydrogens is 413 g/mol. The molecule has 0 radical (unpaired) electrons. The molecule has 166 valence electrons. The largest absolute Gasteiger partial charge is 0.466 e. The highest BCUT2D eigenvalue weighted by atomic mass is 31.2. The molecule has 0 bridgehead atoms. The van der Waals surface area contributed by atoms with Crippen LogP contribution in [0.3, 0.4) is 0 Å². The predicted molar refractivity (Wildman–Crippen MR) is 110 cm³/mol. The van der Waals surface area contributed by atoms with Crippen LogP contribution in [0, 0.1) is 10.1 Å². The first-order valence-electron chi connectivity index (χ1n) is 10.1. The molecule has 0 aromatic heterocycles. The van der Waals surface area contributed by atoms with E-state index in [1.54, 1.807) is 19.1 Å². The van der Waals surface area contributed by atoms with Crippen LogP contribution in [0.15, 0.2) is 24.3 Å². The Kier molecular flexibility index (Phi) is 8.92. The van der Waals surface area contributed by atoms with Crippen molar-refractivity contribution >= 4 is 20.1 Å². The molecule has 30 heavy (non-hydrogen) atoms. The molecule has 3 rings (SSSR count). The Hall–Kier alpha value is -1.68. The minimum atomic E-state index is -1.15. The quantitative estimate of drug-likeness (QED) is 0.247. The van der Waals surface area contributed by atoms with Crippen molar-refractivity contribution in [3.05, 3.63) is 39.9 Å². The van der Waals surface area contributed by atoms with Gasteiger partial charge in [0.25, 0.3) is 5.69 Å². The fraction of sp³-hybridized carbons (Fsp3) is 0.632. The number of nitro groups is 1. The highest BCUT2D eigenvalue weighted by Gasteiger charge is 2.33. The molecule has 2 aliphatic rings. The normalized spacial score (nSPS) is 19.5. The van der Waals surface area contributed by atoms with Crippen LogP contribution in [0.25, 0.3) is 0 Å². The van der Waals surface area contributed by atoms with Crippen molar-refractivity contribution in [2.75, 3.05) is 59.2 Å². The molecule has 0 spiro atoms. The molecule has 1 atom stereocenters. The lowest BCUT2D eigenvalue weighted by Crippen LogP contribution is -2.42.